The Bertz CT molecular complexity index is 1140. The van der Waals surface area contributed by atoms with Gasteiger partial charge in [0, 0.05) is 34.3 Å². The van der Waals surface area contributed by atoms with Crippen LogP contribution in [0, 0.1) is 17.1 Å². The monoisotopic (exact) mass is 486 g/mol. The zero-order chi connectivity index (χ0) is 25.4. The highest BCUT2D eigenvalue weighted by Gasteiger charge is 2.29. The van der Waals surface area contributed by atoms with Gasteiger partial charge in [-0.2, -0.15) is 0 Å². The van der Waals surface area contributed by atoms with Crippen LogP contribution in [0.25, 0.3) is 10.2 Å². The second kappa shape index (κ2) is 12.4. The van der Waals surface area contributed by atoms with Gasteiger partial charge in [0.25, 0.3) is 0 Å². The van der Waals surface area contributed by atoms with E-state index >= 15 is 0 Å². The zero-order valence-corrected chi connectivity index (χ0v) is 21.6. The third kappa shape index (κ3) is 5.88. The number of anilines is 3. The standard InChI is InChI=1S/C21H23FN6OS.2C2H6/c1-10(2)27-20(29)11-3-4-13-17(6-11)30-21-18(13)19(25-9-26-21)28-16-5-12(8-23)15(24)7-14(16)22;2*1-2/h5,7-11,23H,3-4,6,24H2,1-2H3,(H,27,29)(H,25,26,28);2*1-2H3. The number of hydrogen-bond donors (Lipinski definition) is 4. The lowest BCUT2D eigenvalue weighted by atomic mass is 9.87. The molecule has 2 heterocycles. The van der Waals surface area contributed by atoms with Crippen molar-refractivity contribution in [2.45, 2.75) is 66.8 Å². The summed E-state index contributed by atoms with van der Waals surface area (Å²) in [7, 11) is 0. The quantitative estimate of drug-likeness (QED) is 0.267. The molecule has 34 heavy (non-hydrogen) atoms. The van der Waals surface area contributed by atoms with Crippen LogP contribution in [-0.4, -0.2) is 28.1 Å². The lowest BCUT2D eigenvalue weighted by Crippen LogP contribution is -2.37. The molecule has 1 aliphatic rings. The molecule has 1 aliphatic carbocycles. The highest BCUT2D eigenvalue weighted by Crippen LogP contribution is 2.40. The number of carbonyl (C=O) groups is 1. The summed E-state index contributed by atoms with van der Waals surface area (Å²) in [6.07, 6.45) is 4.69. The molecule has 1 atom stereocenters. The Kier molecular flexibility index (Phi) is 9.92. The van der Waals surface area contributed by atoms with E-state index in [1.54, 1.807) is 11.3 Å². The number of nitrogens with two attached hydrogens (primary N) is 1. The number of carbonyl (C=O) groups excluding carboxylic acids is 1. The number of rotatable bonds is 5. The number of aromatic nitrogens is 2. The van der Waals surface area contributed by atoms with Crippen molar-refractivity contribution in [1.29, 1.82) is 5.41 Å². The first-order chi connectivity index (χ1) is 16.4. The molecule has 2 aromatic heterocycles. The van der Waals surface area contributed by atoms with Crippen LogP contribution in [0.2, 0.25) is 0 Å². The Morgan fingerprint density at radius 1 is 1.26 bits per heavy atom. The number of nitrogens with zero attached hydrogens (tertiary/aromatic N) is 2. The number of aryl methyl sites for hydroxylation is 1. The third-order valence-corrected chi connectivity index (χ3v) is 6.39. The molecule has 0 saturated heterocycles. The SMILES string of the molecule is CC.CC.CC(C)NC(=O)C1CCc2c(sc3ncnc(Nc4cc(C=N)c(N)cc4F)c23)C1. The molecule has 0 bridgehead atoms. The van der Waals surface area contributed by atoms with E-state index in [1.807, 2.05) is 41.5 Å². The van der Waals surface area contributed by atoms with Crippen LogP contribution < -0.4 is 16.4 Å². The Morgan fingerprint density at radius 2 is 1.97 bits per heavy atom. The second-order valence-electron chi connectivity index (χ2n) is 7.74. The van der Waals surface area contributed by atoms with Crippen molar-refractivity contribution in [3.8, 4) is 0 Å². The van der Waals surface area contributed by atoms with E-state index in [0.717, 1.165) is 39.7 Å². The number of fused-ring (bicyclic) bond motifs is 3. The average molecular weight is 487 g/mol. The number of hydrogen-bond acceptors (Lipinski definition) is 7. The summed E-state index contributed by atoms with van der Waals surface area (Å²) in [6, 6.07) is 2.81. The summed E-state index contributed by atoms with van der Waals surface area (Å²) in [5.74, 6) is 0.0317. The van der Waals surface area contributed by atoms with Crippen molar-refractivity contribution in [1.82, 2.24) is 15.3 Å². The van der Waals surface area contributed by atoms with E-state index < -0.39 is 5.82 Å². The predicted octanol–water partition coefficient (Wildman–Crippen LogP) is 5.84. The fourth-order valence-electron chi connectivity index (χ4n) is 3.78. The molecular weight excluding hydrogens is 451 g/mol. The minimum Gasteiger partial charge on any atom is -0.398 e. The molecule has 0 aliphatic heterocycles. The molecule has 9 heteroatoms. The summed E-state index contributed by atoms with van der Waals surface area (Å²) in [5.41, 5.74) is 7.71. The Hall–Kier alpha value is -3.07. The minimum absolute atomic E-state index is 0.0537. The molecule has 1 aromatic carbocycles. The number of thiophene rings is 1. The maximum absolute atomic E-state index is 14.5. The molecule has 7 nitrogen and oxygen atoms in total. The first-order valence-electron chi connectivity index (χ1n) is 11.8. The zero-order valence-electron chi connectivity index (χ0n) is 20.8. The van der Waals surface area contributed by atoms with Crippen LogP contribution in [0.1, 0.15) is 64.0 Å². The molecule has 1 unspecified atom stereocenters. The summed E-state index contributed by atoms with van der Waals surface area (Å²) >= 11 is 1.56. The van der Waals surface area contributed by atoms with E-state index in [4.69, 9.17) is 11.1 Å². The van der Waals surface area contributed by atoms with E-state index in [2.05, 4.69) is 20.6 Å². The van der Waals surface area contributed by atoms with Gasteiger partial charge >= 0.3 is 0 Å². The largest absolute Gasteiger partial charge is 0.398 e. The van der Waals surface area contributed by atoms with Crippen molar-refractivity contribution in [3.05, 3.63) is 40.3 Å². The van der Waals surface area contributed by atoms with Crippen molar-refractivity contribution in [2.75, 3.05) is 11.1 Å². The van der Waals surface area contributed by atoms with Gasteiger partial charge in [0.2, 0.25) is 5.91 Å². The summed E-state index contributed by atoms with van der Waals surface area (Å²) in [5, 5.41) is 14.4. The molecule has 3 aromatic rings. The first kappa shape index (κ1) is 27.2. The van der Waals surface area contributed by atoms with Gasteiger partial charge in [0.15, 0.2) is 0 Å². The number of amides is 1. The van der Waals surface area contributed by atoms with E-state index in [9.17, 15) is 9.18 Å². The minimum atomic E-state index is -0.514. The Morgan fingerprint density at radius 3 is 2.62 bits per heavy atom. The lowest BCUT2D eigenvalue weighted by Gasteiger charge is -2.23. The average Bonchev–Trinajstić information content (AvgIpc) is 3.21. The van der Waals surface area contributed by atoms with Crippen LogP contribution in [0.3, 0.4) is 0 Å². The molecule has 4 rings (SSSR count). The normalized spacial score (nSPS) is 14.3. The highest BCUT2D eigenvalue weighted by atomic mass is 32.1. The summed E-state index contributed by atoms with van der Waals surface area (Å²) in [4.78, 5) is 23.1. The molecule has 0 spiro atoms. The van der Waals surface area contributed by atoms with Crippen molar-refractivity contribution in [3.63, 3.8) is 0 Å². The Balaban J connectivity index is 0.000000970. The van der Waals surface area contributed by atoms with E-state index in [-0.39, 0.29) is 29.2 Å². The molecule has 184 valence electrons. The maximum Gasteiger partial charge on any atom is 0.223 e. The fourth-order valence-corrected chi connectivity index (χ4v) is 5.05. The van der Waals surface area contributed by atoms with Gasteiger partial charge < -0.3 is 21.8 Å². The number of nitrogens with one attached hydrogen (secondary N) is 3. The van der Waals surface area contributed by atoms with Gasteiger partial charge in [-0.3, -0.25) is 4.79 Å². The number of halogens is 1. The van der Waals surface area contributed by atoms with Gasteiger partial charge in [0.05, 0.1) is 11.1 Å². The molecule has 0 fully saturated rings. The van der Waals surface area contributed by atoms with Gasteiger partial charge in [-0.1, -0.05) is 27.7 Å². The van der Waals surface area contributed by atoms with E-state index in [1.165, 1.54) is 18.5 Å². The highest BCUT2D eigenvalue weighted by molar-refractivity contribution is 7.19. The van der Waals surface area contributed by atoms with Crippen LogP contribution in [0.15, 0.2) is 18.5 Å². The summed E-state index contributed by atoms with van der Waals surface area (Å²) < 4.78 is 14.5. The van der Waals surface area contributed by atoms with Crippen molar-refractivity contribution < 1.29 is 9.18 Å². The Labute approximate surface area is 204 Å². The lowest BCUT2D eigenvalue weighted by molar-refractivity contribution is -0.125. The van der Waals surface area contributed by atoms with Gasteiger partial charge in [-0.15, -0.1) is 11.3 Å². The van der Waals surface area contributed by atoms with Crippen LogP contribution in [0.4, 0.5) is 21.6 Å². The summed E-state index contributed by atoms with van der Waals surface area (Å²) in [6.45, 7) is 11.9. The number of nitrogen functional groups attached to an aromatic ring is 1. The molecule has 0 radical (unpaired) electrons. The van der Waals surface area contributed by atoms with Crippen LogP contribution >= 0.6 is 11.3 Å². The van der Waals surface area contributed by atoms with Gasteiger partial charge in [-0.05, 0) is 50.8 Å². The predicted molar refractivity (Wildman–Crippen MR) is 141 cm³/mol. The molecule has 1 amide bonds. The van der Waals surface area contributed by atoms with Crippen LogP contribution in [0.5, 0.6) is 0 Å². The first-order valence-corrected chi connectivity index (χ1v) is 12.6. The second-order valence-corrected chi connectivity index (χ2v) is 8.82. The van der Waals surface area contributed by atoms with Crippen LogP contribution in [-0.2, 0) is 17.6 Å². The topological polar surface area (TPSA) is 117 Å². The van der Waals surface area contributed by atoms with Gasteiger partial charge in [0.1, 0.15) is 22.8 Å². The van der Waals surface area contributed by atoms with Crippen molar-refractivity contribution >= 4 is 50.9 Å². The molecule has 0 saturated carbocycles. The van der Waals surface area contributed by atoms with Crippen molar-refractivity contribution in [2.24, 2.45) is 5.92 Å². The number of benzene rings is 1. The van der Waals surface area contributed by atoms with E-state index in [0.29, 0.717) is 17.8 Å². The smallest absolute Gasteiger partial charge is 0.223 e. The molecular formula is C25H35FN6OS. The maximum atomic E-state index is 14.5. The fraction of sp³-hybridized carbons (Fsp3) is 0.440. The molecule has 5 N–H and O–H groups in total. The van der Waals surface area contributed by atoms with Gasteiger partial charge in [-0.25, -0.2) is 14.4 Å². The third-order valence-electron chi connectivity index (χ3n) is 5.23.